The predicted octanol–water partition coefficient (Wildman–Crippen LogP) is 1.92. The number of ketones is 1. The van der Waals surface area contributed by atoms with Gasteiger partial charge in [-0.05, 0) is 18.8 Å². The fraction of sp³-hybridized carbons (Fsp3) is 0.583. The minimum atomic E-state index is -0.00553. The van der Waals surface area contributed by atoms with Crippen LogP contribution in [0.5, 0.6) is 0 Å². The van der Waals surface area contributed by atoms with E-state index in [1.807, 2.05) is 0 Å². The second-order valence-electron chi connectivity index (χ2n) is 4.49. The standard InChI is InChI=1S/C12H17N3O/c1-9-3-5-15(6-4-9)12-7-11(10(2)16)13-8-14-12/h7-9H,3-6H2,1-2H3. The summed E-state index contributed by atoms with van der Waals surface area (Å²) in [6, 6.07) is 1.79. The molecule has 0 spiro atoms. The van der Waals surface area contributed by atoms with Gasteiger partial charge in [0.25, 0.3) is 0 Å². The number of carbonyl (C=O) groups excluding carboxylic acids is 1. The number of rotatable bonds is 2. The van der Waals surface area contributed by atoms with Crippen LogP contribution in [0.3, 0.4) is 0 Å². The van der Waals surface area contributed by atoms with E-state index in [9.17, 15) is 4.79 Å². The maximum atomic E-state index is 11.2. The van der Waals surface area contributed by atoms with Crippen molar-refractivity contribution in [2.24, 2.45) is 5.92 Å². The minimum absolute atomic E-state index is 0.00553. The summed E-state index contributed by atoms with van der Waals surface area (Å²) in [6.45, 7) is 5.85. The first kappa shape index (κ1) is 11.0. The van der Waals surface area contributed by atoms with Gasteiger partial charge in [-0.25, -0.2) is 9.97 Å². The lowest BCUT2D eigenvalue weighted by Crippen LogP contribution is -2.33. The average molecular weight is 219 g/mol. The lowest BCUT2D eigenvalue weighted by Gasteiger charge is -2.31. The van der Waals surface area contributed by atoms with Gasteiger partial charge in [0.1, 0.15) is 17.8 Å². The van der Waals surface area contributed by atoms with Crippen LogP contribution in [0.4, 0.5) is 5.82 Å². The molecule has 0 N–H and O–H groups in total. The molecule has 0 atom stereocenters. The highest BCUT2D eigenvalue weighted by atomic mass is 16.1. The fourth-order valence-corrected chi connectivity index (χ4v) is 1.95. The van der Waals surface area contributed by atoms with E-state index in [0.29, 0.717) is 5.69 Å². The minimum Gasteiger partial charge on any atom is -0.356 e. The number of anilines is 1. The Morgan fingerprint density at radius 3 is 2.69 bits per heavy atom. The van der Waals surface area contributed by atoms with Crippen molar-refractivity contribution < 1.29 is 4.79 Å². The summed E-state index contributed by atoms with van der Waals surface area (Å²) in [5.74, 6) is 1.67. The van der Waals surface area contributed by atoms with Crippen LogP contribution in [0.2, 0.25) is 0 Å². The molecule has 1 fully saturated rings. The topological polar surface area (TPSA) is 46.1 Å². The van der Waals surface area contributed by atoms with E-state index in [-0.39, 0.29) is 5.78 Å². The number of hydrogen-bond donors (Lipinski definition) is 0. The highest BCUT2D eigenvalue weighted by Crippen LogP contribution is 2.21. The molecule has 1 aliphatic rings. The van der Waals surface area contributed by atoms with E-state index in [4.69, 9.17) is 0 Å². The number of piperidine rings is 1. The molecular formula is C12H17N3O. The third-order valence-electron chi connectivity index (χ3n) is 3.12. The lowest BCUT2D eigenvalue weighted by molar-refractivity contribution is 0.101. The molecule has 0 aromatic carbocycles. The molecule has 0 saturated carbocycles. The van der Waals surface area contributed by atoms with Crippen LogP contribution in [-0.4, -0.2) is 28.8 Å². The van der Waals surface area contributed by atoms with Gasteiger partial charge in [-0.3, -0.25) is 4.79 Å². The zero-order chi connectivity index (χ0) is 11.5. The summed E-state index contributed by atoms with van der Waals surface area (Å²) in [5, 5.41) is 0. The number of Topliss-reactive ketones (excluding diaryl/α,β-unsaturated/α-hetero) is 1. The second-order valence-corrected chi connectivity index (χ2v) is 4.49. The maximum absolute atomic E-state index is 11.2. The van der Waals surface area contributed by atoms with Gasteiger partial charge in [0.2, 0.25) is 0 Å². The molecule has 0 unspecified atom stereocenters. The smallest absolute Gasteiger partial charge is 0.178 e. The SMILES string of the molecule is CC(=O)c1cc(N2CCC(C)CC2)ncn1. The first-order valence-corrected chi connectivity index (χ1v) is 5.74. The molecule has 86 valence electrons. The third-order valence-corrected chi connectivity index (χ3v) is 3.12. The Balaban J connectivity index is 2.14. The van der Waals surface area contributed by atoms with E-state index in [1.165, 1.54) is 26.1 Å². The molecule has 4 heteroatoms. The summed E-state index contributed by atoms with van der Waals surface area (Å²) in [7, 11) is 0. The van der Waals surface area contributed by atoms with Gasteiger partial charge in [0, 0.05) is 26.1 Å². The largest absolute Gasteiger partial charge is 0.356 e. The Morgan fingerprint density at radius 2 is 2.06 bits per heavy atom. The van der Waals surface area contributed by atoms with Gasteiger partial charge in [-0.15, -0.1) is 0 Å². The van der Waals surface area contributed by atoms with Crippen molar-refractivity contribution in [1.29, 1.82) is 0 Å². The Bertz CT molecular complexity index is 384. The van der Waals surface area contributed by atoms with Gasteiger partial charge < -0.3 is 4.90 Å². The van der Waals surface area contributed by atoms with Crippen molar-refractivity contribution in [2.75, 3.05) is 18.0 Å². The van der Waals surface area contributed by atoms with Crippen molar-refractivity contribution in [1.82, 2.24) is 9.97 Å². The molecule has 0 amide bonds. The third kappa shape index (κ3) is 2.38. The molecule has 4 nitrogen and oxygen atoms in total. The zero-order valence-electron chi connectivity index (χ0n) is 9.81. The summed E-state index contributed by atoms with van der Waals surface area (Å²) in [5.41, 5.74) is 0.503. The van der Waals surface area contributed by atoms with Crippen LogP contribution in [0, 0.1) is 5.92 Å². The molecule has 1 aromatic heterocycles. The van der Waals surface area contributed by atoms with Crippen LogP contribution in [0.1, 0.15) is 37.2 Å². The van der Waals surface area contributed by atoms with Crippen LogP contribution in [0.15, 0.2) is 12.4 Å². The van der Waals surface area contributed by atoms with E-state index >= 15 is 0 Å². The maximum Gasteiger partial charge on any atom is 0.178 e. The van der Waals surface area contributed by atoms with Crippen LogP contribution >= 0.6 is 0 Å². The van der Waals surface area contributed by atoms with Gasteiger partial charge in [-0.2, -0.15) is 0 Å². The molecule has 2 rings (SSSR count). The molecule has 0 radical (unpaired) electrons. The summed E-state index contributed by atoms with van der Waals surface area (Å²) in [4.78, 5) is 21.6. The highest BCUT2D eigenvalue weighted by Gasteiger charge is 2.17. The monoisotopic (exact) mass is 219 g/mol. The van der Waals surface area contributed by atoms with E-state index in [2.05, 4.69) is 21.8 Å². The van der Waals surface area contributed by atoms with Crippen LogP contribution < -0.4 is 4.90 Å². The summed E-state index contributed by atoms with van der Waals surface area (Å²) in [6.07, 6.45) is 3.86. The van der Waals surface area contributed by atoms with Gasteiger partial charge in [-0.1, -0.05) is 6.92 Å². The first-order valence-electron chi connectivity index (χ1n) is 5.74. The Hall–Kier alpha value is -1.45. The lowest BCUT2D eigenvalue weighted by atomic mass is 9.99. The zero-order valence-corrected chi connectivity index (χ0v) is 9.81. The van der Waals surface area contributed by atoms with Gasteiger partial charge in [0.05, 0.1) is 0 Å². The molecule has 16 heavy (non-hydrogen) atoms. The van der Waals surface area contributed by atoms with Crippen molar-refractivity contribution in [2.45, 2.75) is 26.7 Å². The van der Waals surface area contributed by atoms with Crippen molar-refractivity contribution >= 4 is 11.6 Å². The Labute approximate surface area is 95.7 Å². The molecule has 1 aliphatic heterocycles. The normalized spacial score (nSPS) is 17.5. The number of aromatic nitrogens is 2. The Morgan fingerprint density at radius 1 is 1.38 bits per heavy atom. The van der Waals surface area contributed by atoms with Crippen LogP contribution in [-0.2, 0) is 0 Å². The fourth-order valence-electron chi connectivity index (χ4n) is 1.95. The quantitative estimate of drug-likeness (QED) is 0.713. The molecule has 1 aromatic rings. The number of carbonyl (C=O) groups is 1. The highest BCUT2D eigenvalue weighted by molar-refractivity contribution is 5.92. The summed E-state index contributed by atoms with van der Waals surface area (Å²) < 4.78 is 0. The first-order chi connectivity index (χ1) is 7.66. The second kappa shape index (κ2) is 4.60. The molecule has 2 heterocycles. The van der Waals surface area contributed by atoms with E-state index in [0.717, 1.165) is 24.8 Å². The molecule has 0 aliphatic carbocycles. The molecule has 1 saturated heterocycles. The van der Waals surface area contributed by atoms with Crippen molar-refractivity contribution in [3.8, 4) is 0 Å². The summed E-state index contributed by atoms with van der Waals surface area (Å²) >= 11 is 0. The van der Waals surface area contributed by atoms with Crippen molar-refractivity contribution in [3.63, 3.8) is 0 Å². The Kier molecular flexibility index (Phi) is 3.17. The molecular weight excluding hydrogens is 202 g/mol. The number of nitrogens with zero attached hydrogens (tertiary/aromatic N) is 3. The van der Waals surface area contributed by atoms with Crippen molar-refractivity contribution in [3.05, 3.63) is 18.1 Å². The van der Waals surface area contributed by atoms with E-state index < -0.39 is 0 Å². The van der Waals surface area contributed by atoms with Crippen LogP contribution in [0.25, 0.3) is 0 Å². The average Bonchev–Trinajstić information content (AvgIpc) is 2.30. The van der Waals surface area contributed by atoms with Gasteiger partial charge >= 0.3 is 0 Å². The van der Waals surface area contributed by atoms with Gasteiger partial charge in [0.15, 0.2) is 5.78 Å². The predicted molar refractivity (Wildman–Crippen MR) is 62.6 cm³/mol. The van der Waals surface area contributed by atoms with E-state index in [1.54, 1.807) is 6.07 Å². The molecule has 0 bridgehead atoms. The number of hydrogen-bond acceptors (Lipinski definition) is 4.